The molecule has 8 heteroatoms. The summed E-state index contributed by atoms with van der Waals surface area (Å²) in [6.07, 6.45) is 5.74. The standard InChI is InChI=1S/C23H26N4O3S/c1-13(2)30-23(29)20-16-9-8-14(3)11-18(16)31-22(20)26-21(28)17-12-25-27(15(17)4)19-7-5-6-10-24-19/h5-7,10,12-14H,8-9,11H2,1-4H3,(H,26,28). The molecule has 0 aromatic carbocycles. The Morgan fingerprint density at radius 3 is 2.84 bits per heavy atom. The van der Waals surface area contributed by atoms with Gasteiger partial charge in [-0.15, -0.1) is 11.3 Å². The highest BCUT2D eigenvalue weighted by molar-refractivity contribution is 7.17. The molecule has 1 amide bonds. The van der Waals surface area contributed by atoms with Crippen LogP contribution in [0.1, 0.15) is 64.0 Å². The number of nitrogens with one attached hydrogen (secondary N) is 1. The third-order valence-electron chi connectivity index (χ3n) is 5.41. The van der Waals surface area contributed by atoms with Crippen LogP contribution in [0, 0.1) is 12.8 Å². The minimum atomic E-state index is -0.377. The number of aromatic nitrogens is 3. The predicted octanol–water partition coefficient (Wildman–Crippen LogP) is 4.58. The van der Waals surface area contributed by atoms with Gasteiger partial charge in [0.05, 0.1) is 29.1 Å². The van der Waals surface area contributed by atoms with Crippen LogP contribution in [0.5, 0.6) is 0 Å². The first-order valence-electron chi connectivity index (χ1n) is 10.5. The van der Waals surface area contributed by atoms with Crippen molar-refractivity contribution in [3.8, 4) is 5.82 Å². The zero-order chi connectivity index (χ0) is 22.1. The molecule has 1 aliphatic carbocycles. The van der Waals surface area contributed by atoms with Gasteiger partial charge in [0.2, 0.25) is 0 Å². The number of hydrogen-bond donors (Lipinski definition) is 1. The zero-order valence-corrected chi connectivity index (χ0v) is 19.0. The number of fused-ring (bicyclic) bond motifs is 1. The van der Waals surface area contributed by atoms with Gasteiger partial charge in [-0.05, 0) is 63.6 Å². The van der Waals surface area contributed by atoms with Crippen LogP contribution in [0.2, 0.25) is 0 Å². The quantitative estimate of drug-likeness (QED) is 0.589. The summed E-state index contributed by atoms with van der Waals surface area (Å²) in [7, 11) is 0. The number of pyridine rings is 1. The van der Waals surface area contributed by atoms with E-state index in [9.17, 15) is 9.59 Å². The van der Waals surface area contributed by atoms with E-state index in [1.165, 1.54) is 17.5 Å². The average Bonchev–Trinajstić information content (AvgIpc) is 3.27. The molecule has 0 aliphatic heterocycles. The number of hydrogen-bond acceptors (Lipinski definition) is 6. The van der Waals surface area contributed by atoms with Gasteiger partial charge in [-0.2, -0.15) is 5.10 Å². The highest BCUT2D eigenvalue weighted by atomic mass is 32.1. The molecule has 3 aromatic rings. The third kappa shape index (κ3) is 4.25. The molecule has 3 heterocycles. The number of amides is 1. The van der Waals surface area contributed by atoms with Crippen LogP contribution in [0.4, 0.5) is 5.00 Å². The Labute approximate surface area is 185 Å². The predicted molar refractivity (Wildman–Crippen MR) is 120 cm³/mol. The van der Waals surface area contributed by atoms with Crippen molar-refractivity contribution in [3.05, 3.63) is 57.9 Å². The molecule has 4 rings (SSSR count). The number of anilines is 1. The lowest BCUT2D eigenvalue weighted by molar-refractivity contribution is 0.0378. The van der Waals surface area contributed by atoms with Crippen molar-refractivity contribution < 1.29 is 14.3 Å². The van der Waals surface area contributed by atoms with E-state index < -0.39 is 0 Å². The Morgan fingerprint density at radius 1 is 1.32 bits per heavy atom. The lowest BCUT2D eigenvalue weighted by Crippen LogP contribution is -2.19. The first kappa shape index (κ1) is 21.2. The first-order valence-corrected chi connectivity index (χ1v) is 11.3. The van der Waals surface area contributed by atoms with Crippen molar-refractivity contribution in [2.24, 2.45) is 5.92 Å². The molecule has 7 nitrogen and oxygen atoms in total. The summed E-state index contributed by atoms with van der Waals surface area (Å²) in [6.45, 7) is 7.69. The maximum atomic E-state index is 13.1. The van der Waals surface area contributed by atoms with Gasteiger partial charge in [-0.3, -0.25) is 4.79 Å². The molecule has 31 heavy (non-hydrogen) atoms. The Morgan fingerprint density at radius 2 is 2.13 bits per heavy atom. The van der Waals surface area contributed by atoms with Crippen molar-refractivity contribution in [3.63, 3.8) is 0 Å². The molecule has 0 bridgehead atoms. The summed E-state index contributed by atoms with van der Waals surface area (Å²) in [5.41, 5.74) is 2.64. The number of rotatable bonds is 5. The van der Waals surface area contributed by atoms with Crippen LogP contribution in [0.3, 0.4) is 0 Å². The Bertz CT molecular complexity index is 1120. The summed E-state index contributed by atoms with van der Waals surface area (Å²) < 4.78 is 7.12. The minimum Gasteiger partial charge on any atom is -0.459 e. The van der Waals surface area contributed by atoms with E-state index in [0.717, 1.165) is 29.7 Å². The molecule has 0 saturated carbocycles. The Kier molecular flexibility index (Phi) is 5.91. The second-order valence-corrected chi connectivity index (χ2v) is 9.31. The van der Waals surface area contributed by atoms with Gasteiger partial charge < -0.3 is 10.1 Å². The number of ether oxygens (including phenoxy) is 1. The van der Waals surface area contributed by atoms with Crippen molar-refractivity contribution in [2.45, 2.75) is 53.1 Å². The van der Waals surface area contributed by atoms with Crippen molar-refractivity contribution >= 4 is 28.2 Å². The number of nitrogens with zero attached hydrogens (tertiary/aromatic N) is 3. The summed E-state index contributed by atoms with van der Waals surface area (Å²) in [4.78, 5) is 31.4. The van der Waals surface area contributed by atoms with Gasteiger partial charge in [0.1, 0.15) is 5.00 Å². The highest BCUT2D eigenvalue weighted by Gasteiger charge is 2.30. The van der Waals surface area contributed by atoms with Crippen LogP contribution < -0.4 is 5.32 Å². The second-order valence-electron chi connectivity index (χ2n) is 8.21. The minimum absolute atomic E-state index is 0.229. The van der Waals surface area contributed by atoms with E-state index >= 15 is 0 Å². The summed E-state index contributed by atoms with van der Waals surface area (Å²) in [5.74, 6) is 0.520. The Balaban J connectivity index is 1.66. The summed E-state index contributed by atoms with van der Waals surface area (Å²) in [6, 6.07) is 5.52. The molecule has 1 unspecified atom stereocenters. The second kappa shape index (κ2) is 8.63. The van der Waals surface area contributed by atoms with Crippen LogP contribution >= 0.6 is 11.3 Å². The van der Waals surface area contributed by atoms with E-state index in [1.54, 1.807) is 10.9 Å². The fourth-order valence-electron chi connectivity index (χ4n) is 3.84. The molecule has 0 fully saturated rings. The van der Waals surface area contributed by atoms with Crippen molar-refractivity contribution in [2.75, 3.05) is 5.32 Å². The van der Waals surface area contributed by atoms with Crippen LogP contribution in [-0.2, 0) is 17.6 Å². The van der Waals surface area contributed by atoms with Crippen molar-refractivity contribution in [1.29, 1.82) is 0 Å². The number of thiophene rings is 1. The fraction of sp³-hybridized carbons (Fsp3) is 0.391. The lowest BCUT2D eigenvalue weighted by atomic mass is 9.88. The Hall–Kier alpha value is -3.00. The molecule has 0 radical (unpaired) electrons. The smallest absolute Gasteiger partial charge is 0.341 e. The molecule has 162 valence electrons. The van der Waals surface area contributed by atoms with E-state index in [4.69, 9.17) is 4.74 Å². The van der Waals surface area contributed by atoms with Gasteiger partial charge in [0, 0.05) is 11.1 Å². The topological polar surface area (TPSA) is 86.1 Å². The van der Waals surface area contributed by atoms with E-state index in [1.807, 2.05) is 39.0 Å². The first-order chi connectivity index (χ1) is 14.8. The van der Waals surface area contributed by atoms with Gasteiger partial charge in [0.15, 0.2) is 5.82 Å². The van der Waals surface area contributed by atoms with Crippen LogP contribution in [0.15, 0.2) is 30.6 Å². The number of carbonyl (C=O) groups is 2. The summed E-state index contributed by atoms with van der Waals surface area (Å²) in [5, 5.41) is 7.84. The molecule has 1 aliphatic rings. The number of esters is 1. The SMILES string of the molecule is Cc1c(C(=O)Nc2sc3c(c2C(=O)OC(C)C)CCC(C)C3)cnn1-c1ccccn1. The molecule has 0 saturated heterocycles. The van der Waals surface area contributed by atoms with Crippen molar-refractivity contribution in [1.82, 2.24) is 14.8 Å². The molecular weight excluding hydrogens is 412 g/mol. The maximum absolute atomic E-state index is 13.1. The molecule has 3 aromatic heterocycles. The van der Waals surface area contributed by atoms with E-state index in [-0.39, 0.29) is 18.0 Å². The molecule has 1 atom stereocenters. The third-order valence-corrected chi connectivity index (χ3v) is 6.58. The van der Waals surface area contributed by atoms with Gasteiger partial charge in [-0.1, -0.05) is 13.0 Å². The summed E-state index contributed by atoms with van der Waals surface area (Å²) >= 11 is 1.48. The van der Waals surface area contributed by atoms with Gasteiger partial charge >= 0.3 is 5.97 Å². The average molecular weight is 439 g/mol. The monoisotopic (exact) mass is 438 g/mol. The molecule has 1 N–H and O–H groups in total. The van der Waals surface area contributed by atoms with Gasteiger partial charge in [0.25, 0.3) is 5.91 Å². The maximum Gasteiger partial charge on any atom is 0.341 e. The van der Waals surface area contributed by atoms with Crippen LogP contribution in [0.25, 0.3) is 5.82 Å². The highest BCUT2D eigenvalue weighted by Crippen LogP contribution is 2.40. The van der Waals surface area contributed by atoms with E-state index in [2.05, 4.69) is 22.3 Å². The van der Waals surface area contributed by atoms with Gasteiger partial charge in [-0.25, -0.2) is 14.5 Å². The fourth-order valence-corrected chi connectivity index (χ4v) is 5.23. The lowest BCUT2D eigenvalue weighted by Gasteiger charge is -2.18. The molecule has 0 spiro atoms. The zero-order valence-electron chi connectivity index (χ0n) is 18.1. The number of carbonyl (C=O) groups excluding carboxylic acids is 2. The molecular formula is C23H26N4O3S. The largest absolute Gasteiger partial charge is 0.459 e. The van der Waals surface area contributed by atoms with Crippen LogP contribution in [-0.4, -0.2) is 32.7 Å². The normalized spacial score (nSPS) is 15.6. The van der Waals surface area contributed by atoms with E-state index in [0.29, 0.717) is 33.6 Å².